The first-order valence-corrected chi connectivity index (χ1v) is 9.40. The van der Waals surface area contributed by atoms with Crippen molar-refractivity contribution in [3.63, 3.8) is 0 Å². The molecule has 0 atom stereocenters. The Labute approximate surface area is 165 Å². The highest BCUT2D eigenvalue weighted by molar-refractivity contribution is 6.03. The summed E-state index contributed by atoms with van der Waals surface area (Å²) in [5, 5.41) is 6.15. The van der Waals surface area contributed by atoms with Crippen molar-refractivity contribution in [2.75, 3.05) is 28.6 Å². The molecule has 3 aromatic rings. The van der Waals surface area contributed by atoms with Crippen LogP contribution < -0.4 is 15.5 Å². The predicted molar refractivity (Wildman–Crippen MR) is 114 cm³/mol. The molecule has 0 spiro atoms. The van der Waals surface area contributed by atoms with E-state index < -0.39 is 0 Å². The molecule has 3 rings (SSSR count). The highest BCUT2D eigenvalue weighted by atomic mass is 16.1. The lowest BCUT2D eigenvalue weighted by molar-refractivity contribution is 0.102. The van der Waals surface area contributed by atoms with Crippen molar-refractivity contribution in [2.45, 2.75) is 20.8 Å². The van der Waals surface area contributed by atoms with E-state index in [2.05, 4.69) is 64.5 Å². The normalized spacial score (nSPS) is 10.4. The minimum absolute atomic E-state index is 0.232. The molecule has 6 heteroatoms. The third-order valence-electron chi connectivity index (χ3n) is 4.55. The zero-order valence-corrected chi connectivity index (χ0v) is 16.4. The average Bonchev–Trinajstić information content (AvgIpc) is 2.73. The second kappa shape index (κ2) is 8.99. The van der Waals surface area contributed by atoms with Crippen molar-refractivity contribution in [1.29, 1.82) is 0 Å². The van der Waals surface area contributed by atoms with Gasteiger partial charge in [0.1, 0.15) is 5.82 Å². The number of nitrogens with zero attached hydrogens (tertiary/aromatic N) is 3. The van der Waals surface area contributed by atoms with E-state index in [1.807, 2.05) is 6.07 Å². The fourth-order valence-electron chi connectivity index (χ4n) is 2.96. The lowest BCUT2D eigenvalue weighted by Crippen LogP contribution is -2.21. The van der Waals surface area contributed by atoms with Gasteiger partial charge in [0.05, 0.1) is 17.4 Å². The molecule has 0 aliphatic heterocycles. The van der Waals surface area contributed by atoms with Gasteiger partial charge >= 0.3 is 0 Å². The fourth-order valence-corrected chi connectivity index (χ4v) is 2.96. The molecule has 0 saturated carbocycles. The number of rotatable bonds is 7. The van der Waals surface area contributed by atoms with Gasteiger partial charge in [-0.05, 0) is 68.8 Å². The summed E-state index contributed by atoms with van der Waals surface area (Å²) < 4.78 is 0. The van der Waals surface area contributed by atoms with Crippen LogP contribution >= 0.6 is 0 Å². The largest absolute Gasteiger partial charge is 0.372 e. The van der Waals surface area contributed by atoms with E-state index in [0.29, 0.717) is 11.4 Å². The third-order valence-corrected chi connectivity index (χ3v) is 4.55. The number of carbonyl (C=O) groups excluding carboxylic acids is 1. The average molecular weight is 375 g/mol. The van der Waals surface area contributed by atoms with Crippen LogP contribution in [-0.2, 0) is 0 Å². The SMILES string of the molecule is CCN(CC)c1ccc(Nc2ccc(NC(=O)c3cccnc3)nc2)c(C)c1. The lowest BCUT2D eigenvalue weighted by atomic mass is 10.1. The van der Waals surface area contributed by atoms with Crippen molar-refractivity contribution in [1.82, 2.24) is 9.97 Å². The van der Waals surface area contributed by atoms with Gasteiger partial charge in [-0.2, -0.15) is 0 Å². The van der Waals surface area contributed by atoms with Crippen LogP contribution in [0.1, 0.15) is 29.8 Å². The summed E-state index contributed by atoms with van der Waals surface area (Å²) in [7, 11) is 0. The van der Waals surface area contributed by atoms with E-state index in [1.54, 1.807) is 30.6 Å². The maximum Gasteiger partial charge on any atom is 0.258 e. The Balaban J connectivity index is 1.66. The third kappa shape index (κ3) is 4.65. The number of aromatic nitrogens is 2. The van der Waals surface area contributed by atoms with E-state index >= 15 is 0 Å². The molecule has 1 aromatic carbocycles. The number of anilines is 4. The molecule has 0 radical (unpaired) electrons. The van der Waals surface area contributed by atoms with E-state index in [4.69, 9.17) is 0 Å². The van der Waals surface area contributed by atoms with Gasteiger partial charge in [0.25, 0.3) is 5.91 Å². The van der Waals surface area contributed by atoms with Crippen LogP contribution in [0.25, 0.3) is 0 Å². The van der Waals surface area contributed by atoms with Gasteiger partial charge in [-0.3, -0.25) is 9.78 Å². The van der Waals surface area contributed by atoms with E-state index in [0.717, 1.165) is 24.5 Å². The molecule has 0 aliphatic carbocycles. The number of hydrogen-bond donors (Lipinski definition) is 2. The molecular weight excluding hydrogens is 350 g/mol. The Hall–Kier alpha value is -3.41. The summed E-state index contributed by atoms with van der Waals surface area (Å²) in [6.07, 6.45) is 4.86. The number of pyridine rings is 2. The van der Waals surface area contributed by atoms with Crippen LogP contribution in [-0.4, -0.2) is 29.0 Å². The maximum absolute atomic E-state index is 12.2. The summed E-state index contributed by atoms with van der Waals surface area (Å²) in [6, 6.07) is 13.5. The van der Waals surface area contributed by atoms with Crippen LogP contribution in [0.4, 0.5) is 22.9 Å². The van der Waals surface area contributed by atoms with Crippen LogP contribution in [0.5, 0.6) is 0 Å². The van der Waals surface area contributed by atoms with Gasteiger partial charge in [0.2, 0.25) is 0 Å². The van der Waals surface area contributed by atoms with Crippen molar-refractivity contribution in [2.24, 2.45) is 0 Å². The maximum atomic E-state index is 12.2. The number of nitrogens with one attached hydrogen (secondary N) is 2. The molecule has 2 aromatic heterocycles. The molecular formula is C22H25N5O. The van der Waals surface area contributed by atoms with Crippen LogP contribution in [0.15, 0.2) is 61.1 Å². The Morgan fingerprint density at radius 2 is 1.89 bits per heavy atom. The molecule has 0 aliphatic rings. The summed E-state index contributed by atoms with van der Waals surface area (Å²) in [5.74, 6) is 0.261. The second-order valence-electron chi connectivity index (χ2n) is 6.42. The summed E-state index contributed by atoms with van der Waals surface area (Å²) >= 11 is 0. The zero-order valence-electron chi connectivity index (χ0n) is 16.4. The van der Waals surface area contributed by atoms with Gasteiger partial charge in [0.15, 0.2) is 0 Å². The molecule has 144 valence electrons. The highest BCUT2D eigenvalue weighted by Gasteiger charge is 2.08. The van der Waals surface area contributed by atoms with Gasteiger partial charge in [-0.1, -0.05) is 0 Å². The Morgan fingerprint density at radius 3 is 2.50 bits per heavy atom. The molecule has 2 heterocycles. The number of benzene rings is 1. The molecule has 0 unspecified atom stereocenters. The zero-order chi connectivity index (χ0) is 19.9. The first-order chi connectivity index (χ1) is 13.6. The summed E-state index contributed by atoms with van der Waals surface area (Å²) in [6.45, 7) is 8.37. The molecule has 28 heavy (non-hydrogen) atoms. The van der Waals surface area contributed by atoms with Gasteiger partial charge in [-0.25, -0.2) is 4.98 Å². The van der Waals surface area contributed by atoms with Crippen molar-refractivity contribution >= 4 is 28.8 Å². The molecule has 6 nitrogen and oxygen atoms in total. The van der Waals surface area contributed by atoms with Crippen molar-refractivity contribution < 1.29 is 4.79 Å². The predicted octanol–water partition coefficient (Wildman–Crippen LogP) is 4.63. The van der Waals surface area contributed by atoms with E-state index in [-0.39, 0.29) is 5.91 Å². The van der Waals surface area contributed by atoms with Crippen LogP contribution in [0, 0.1) is 6.92 Å². The fraction of sp³-hybridized carbons (Fsp3) is 0.227. The first-order valence-electron chi connectivity index (χ1n) is 9.40. The molecule has 1 amide bonds. The number of amides is 1. The first kappa shape index (κ1) is 19.4. The van der Waals surface area contributed by atoms with Crippen LogP contribution in [0.3, 0.4) is 0 Å². The molecule has 0 saturated heterocycles. The van der Waals surface area contributed by atoms with Crippen LogP contribution in [0.2, 0.25) is 0 Å². The summed E-state index contributed by atoms with van der Waals surface area (Å²) in [5.41, 5.74) is 4.77. The molecule has 0 fully saturated rings. The second-order valence-corrected chi connectivity index (χ2v) is 6.42. The van der Waals surface area contributed by atoms with Gasteiger partial charge < -0.3 is 15.5 Å². The molecule has 0 bridgehead atoms. The van der Waals surface area contributed by atoms with Gasteiger partial charge in [0, 0.05) is 36.9 Å². The smallest absolute Gasteiger partial charge is 0.258 e. The highest BCUT2D eigenvalue weighted by Crippen LogP contribution is 2.25. The van der Waals surface area contributed by atoms with Crippen molar-refractivity contribution in [3.05, 3.63) is 72.2 Å². The Bertz CT molecular complexity index is 921. The number of hydrogen-bond acceptors (Lipinski definition) is 5. The van der Waals surface area contributed by atoms with E-state index in [9.17, 15) is 4.79 Å². The minimum Gasteiger partial charge on any atom is -0.372 e. The number of carbonyl (C=O) groups is 1. The van der Waals surface area contributed by atoms with Gasteiger partial charge in [-0.15, -0.1) is 0 Å². The number of aryl methyl sites for hydroxylation is 1. The monoisotopic (exact) mass is 375 g/mol. The minimum atomic E-state index is -0.232. The van der Waals surface area contributed by atoms with Crippen molar-refractivity contribution in [3.8, 4) is 0 Å². The standard InChI is InChI=1S/C22H25N5O/c1-4-27(5-2)19-9-10-20(16(3)13-19)25-18-8-11-21(24-15-18)26-22(28)17-7-6-12-23-14-17/h6-15,25H,4-5H2,1-3H3,(H,24,26,28). The Morgan fingerprint density at radius 1 is 1.07 bits per heavy atom. The quantitative estimate of drug-likeness (QED) is 0.630. The lowest BCUT2D eigenvalue weighted by Gasteiger charge is -2.22. The summed E-state index contributed by atoms with van der Waals surface area (Å²) in [4.78, 5) is 22.7. The topological polar surface area (TPSA) is 70.2 Å². The Kier molecular flexibility index (Phi) is 6.22. The molecule has 2 N–H and O–H groups in total. The van der Waals surface area contributed by atoms with E-state index in [1.165, 1.54) is 17.4 Å².